The van der Waals surface area contributed by atoms with Crippen molar-refractivity contribution < 1.29 is 4.42 Å². The molecule has 3 heterocycles. The van der Waals surface area contributed by atoms with Gasteiger partial charge in [-0.25, -0.2) is 0 Å². The van der Waals surface area contributed by atoms with Crippen LogP contribution in [0.5, 0.6) is 0 Å². The van der Waals surface area contributed by atoms with Crippen molar-refractivity contribution in [2.24, 2.45) is 0 Å². The zero-order valence-electron chi connectivity index (χ0n) is 31.3. The lowest BCUT2D eigenvalue weighted by Gasteiger charge is -2.26. The molecule has 0 saturated heterocycles. The summed E-state index contributed by atoms with van der Waals surface area (Å²) >= 11 is 1.84. The van der Waals surface area contributed by atoms with Gasteiger partial charge in [0.15, 0.2) is 0 Å². The second-order valence-corrected chi connectivity index (χ2v) is 16.0. The highest BCUT2D eigenvalue weighted by atomic mass is 32.1. The molecule has 0 amide bonds. The van der Waals surface area contributed by atoms with Crippen molar-refractivity contribution >= 4 is 92.3 Å². The first-order valence-electron chi connectivity index (χ1n) is 19.7. The molecule has 0 N–H and O–H groups in total. The fourth-order valence-corrected chi connectivity index (χ4v) is 10.1. The normalized spacial score (nSPS) is 11.8. The highest BCUT2D eigenvalue weighted by molar-refractivity contribution is 7.25. The number of fused-ring (bicyclic) bond motifs is 9. The van der Waals surface area contributed by atoms with Gasteiger partial charge in [0.2, 0.25) is 0 Å². The molecule has 4 heteroatoms. The number of hydrogen-bond donors (Lipinski definition) is 0. The molecule has 12 aromatic rings. The predicted octanol–water partition coefficient (Wildman–Crippen LogP) is 15.9. The Labute approximate surface area is 338 Å². The third-order valence-corrected chi connectivity index (χ3v) is 12.8. The van der Waals surface area contributed by atoms with Crippen LogP contribution in [-0.4, -0.2) is 4.57 Å². The van der Waals surface area contributed by atoms with Crippen LogP contribution in [0.2, 0.25) is 0 Å². The minimum atomic E-state index is 0.873. The fraction of sp³-hybridized carbons (Fsp3) is 0. The van der Waals surface area contributed by atoms with Gasteiger partial charge in [-0.1, -0.05) is 127 Å². The Kier molecular flexibility index (Phi) is 7.40. The SMILES string of the molecule is c1ccc(-c2ccccc2-n2c3ccccc3c3ccccc32)c(-c2ccc(N(c3ccc4c(c3)oc3ccccc34)c3ccc4sc5ccccc5c4c3)cc2)c1. The first-order chi connectivity index (χ1) is 28.8. The largest absolute Gasteiger partial charge is 0.456 e. The Morgan fingerprint density at radius 2 is 0.914 bits per heavy atom. The first kappa shape index (κ1) is 32.8. The van der Waals surface area contributed by atoms with E-state index in [-0.39, 0.29) is 0 Å². The number of para-hydroxylation sites is 4. The van der Waals surface area contributed by atoms with Crippen molar-refractivity contribution in [2.75, 3.05) is 4.90 Å². The van der Waals surface area contributed by atoms with E-state index in [2.05, 4.69) is 204 Å². The molecule has 0 fully saturated rings. The van der Waals surface area contributed by atoms with Crippen molar-refractivity contribution in [3.05, 3.63) is 206 Å². The molecule has 9 aromatic carbocycles. The van der Waals surface area contributed by atoms with Gasteiger partial charge < -0.3 is 13.9 Å². The molecule has 0 radical (unpaired) electrons. The van der Waals surface area contributed by atoms with E-state index < -0.39 is 0 Å². The Morgan fingerprint density at radius 1 is 0.362 bits per heavy atom. The molecule has 3 aromatic heterocycles. The quantitative estimate of drug-likeness (QED) is 0.168. The minimum absolute atomic E-state index is 0.873. The van der Waals surface area contributed by atoms with E-state index in [1.807, 2.05) is 23.5 Å². The van der Waals surface area contributed by atoms with Gasteiger partial charge in [-0.05, 0) is 89.5 Å². The lowest BCUT2D eigenvalue weighted by atomic mass is 9.93. The van der Waals surface area contributed by atoms with Gasteiger partial charge in [-0.3, -0.25) is 0 Å². The lowest BCUT2D eigenvalue weighted by Crippen LogP contribution is -2.09. The second-order valence-electron chi connectivity index (χ2n) is 14.9. The molecular formula is C54H34N2OS. The van der Waals surface area contributed by atoms with E-state index in [1.165, 1.54) is 58.7 Å². The molecule has 0 aliphatic heterocycles. The van der Waals surface area contributed by atoms with Gasteiger partial charge in [-0.2, -0.15) is 0 Å². The summed E-state index contributed by atoms with van der Waals surface area (Å²) in [6.45, 7) is 0. The van der Waals surface area contributed by atoms with Crippen molar-refractivity contribution in [3.63, 3.8) is 0 Å². The van der Waals surface area contributed by atoms with E-state index in [0.717, 1.165) is 50.3 Å². The van der Waals surface area contributed by atoms with E-state index in [9.17, 15) is 0 Å². The topological polar surface area (TPSA) is 21.3 Å². The minimum Gasteiger partial charge on any atom is -0.456 e. The Hall–Kier alpha value is -7.40. The van der Waals surface area contributed by atoms with E-state index in [1.54, 1.807) is 0 Å². The van der Waals surface area contributed by atoms with Crippen LogP contribution in [0.1, 0.15) is 0 Å². The maximum absolute atomic E-state index is 6.42. The molecule has 0 saturated carbocycles. The molecule has 0 unspecified atom stereocenters. The van der Waals surface area contributed by atoms with Crippen LogP contribution >= 0.6 is 11.3 Å². The molecule has 0 spiro atoms. The number of furan rings is 1. The lowest BCUT2D eigenvalue weighted by molar-refractivity contribution is 0.669. The summed E-state index contributed by atoms with van der Waals surface area (Å²) in [5.41, 5.74) is 13.3. The summed E-state index contributed by atoms with van der Waals surface area (Å²) in [5.74, 6) is 0. The van der Waals surface area contributed by atoms with Crippen LogP contribution < -0.4 is 4.90 Å². The highest BCUT2D eigenvalue weighted by Crippen LogP contribution is 2.44. The Morgan fingerprint density at radius 3 is 1.71 bits per heavy atom. The molecule has 58 heavy (non-hydrogen) atoms. The highest BCUT2D eigenvalue weighted by Gasteiger charge is 2.20. The molecule has 12 rings (SSSR count). The molecule has 0 aliphatic rings. The van der Waals surface area contributed by atoms with Gasteiger partial charge in [0.1, 0.15) is 11.2 Å². The zero-order valence-corrected chi connectivity index (χ0v) is 32.2. The standard InChI is InChI=1S/C54H34N2OS/c1-2-14-40(41-15-3-8-20-48(41)56-49-21-9-4-16-42(49)43-17-5-10-22-50(43)56)39(13-1)35-25-27-36(28-26-35)55(37-30-32-54-47(33-37)46-19-7-12-24-53(46)58-54)38-29-31-45-44-18-6-11-23-51(44)57-52(45)34-38/h1-34H. The Bertz CT molecular complexity index is 3480. The number of hydrogen-bond acceptors (Lipinski definition) is 3. The van der Waals surface area contributed by atoms with Crippen molar-refractivity contribution in [3.8, 4) is 27.9 Å². The van der Waals surface area contributed by atoms with Crippen LogP contribution in [0.4, 0.5) is 17.1 Å². The summed E-state index contributed by atoms with van der Waals surface area (Å²) in [6.07, 6.45) is 0. The van der Waals surface area contributed by atoms with Gasteiger partial charge >= 0.3 is 0 Å². The van der Waals surface area contributed by atoms with E-state index >= 15 is 0 Å². The van der Waals surface area contributed by atoms with Gasteiger partial charge in [0, 0.05) is 70.4 Å². The molecule has 0 bridgehead atoms. The van der Waals surface area contributed by atoms with Crippen LogP contribution in [0.3, 0.4) is 0 Å². The summed E-state index contributed by atoms with van der Waals surface area (Å²) in [5, 5.41) is 7.31. The number of nitrogens with zero attached hydrogens (tertiary/aromatic N) is 2. The number of aromatic nitrogens is 1. The van der Waals surface area contributed by atoms with Crippen LogP contribution in [-0.2, 0) is 0 Å². The monoisotopic (exact) mass is 758 g/mol. The van der Waals surface area contributed by atoms with Crippen LogP contribution in [0, 0.1) is 0 Å². The summed E-state index contributed by atoms with van der Waals surface area (Å²) in [6, 6.07) is 74.5. The van der Waals surface area contributed by atoms with Crippen LogP contribution in [0.25, 0.3) is 91.9 Å². The number of benzene rings is 9. The summed E-state index contributed by atoms with van der Waals surface area (Å²) in [7, 11) is 0. The average Bonchev–Trinajstić information content (AvgIpc) is 3.96. The van der Waals surface area contributed by atoms with Crippen molar-refractivity contribution in [1.29, 1.82) is 0 Å². The number of thiophene rings is 1. The third kappa shape index (κ3) is 5.12. The maximum Gasteiger partial charge on any atom is 0.137 e. The van der Waals surface area contributed by atoms with Gasteiger partial charge in [0.05, 0.1) is 16.7 Å². The number of anilines is 3. The van der Waals surface area contributed by atoms with Crippen molar-refractivity contribution in [1.82, 2.24) is 4.57 Å². The molecule has 0 aliphatic carbocycles. The summed E-state index contributed by atoms with van der Waals surface area (Å²) < 4.78 is 11.4. The average molecular weight is 759 g/mol. The van der Waals surface area contributed by atoms with E-state index in [4.69, 9.17) is 4.42 Å². The summed E-state index contributed by atoms with van der Waals surface area (Å²) in [4.78, 5) is 2.35. The zero-order chi connectivity index (χ0) is 38.2. The molecule has 0 atom stereocenters. The molecule has 272 valence electrons. The van der Waals surface area contributed by atoms with Gasteiger partial charge in [-0.15, -0.1) is 11.3 Å². The van der Waals surface area contributed by atoms with Crippen LogP contribution in [0.15, 0.2) is 211 Å². The van der Waals surface area contributed by atoms with Gasteiger partial charge in [0.25, 0.3) is 0 Å². The van der Waals surface area contributed by atoms with Crippen molar-refractivity contribution in [2.45, 2.75) is 0 Å². The smallest absolute Gasteiger partial charge is 0.137 e. The maximum atomic E-state index is 6.42. The second kappa shape index (κ2) is 13.1. The number of rotatable bonds is 6. The molecule has 3 nitrogen and oxygen atoms in total. The Balaban J connectivity index is 1.00. The predicted molar refractivity (Wildman–Crippen MR) is 247 cm³/mol. The first-order valence-corrected chi connectivity index (χ1v) is 20.5. The molecular weight excluding hydrogens is 725 g/mol. The third-order valence-electron chi connectivity index (χ3n) is 11.6. The fourth-order valence-electron chi connectivity index (χ4n) is 8.99. The van der Waals surface area contributed by atoms with E-state index in [0.29, 0.717) is 0 Å².